The predicted molar refractivity (Wildman–Crippen MR) is 84.4 cm³/mol. The average Bonchev–Trinajstić information content (AvgIpc) is 2.53. The fourth-order valence-corrected chi connectivity index (χ4v) is 3.27. The summed E-state index contributed by atoms with van der Waals surface area (Å²) in [4.78, 5) is 0. The number of nitrogens with one attached hydrogen (secondary N) is 1. The fourth-order valence-electron chi connectivity index (χ4n) is 1.92. The molecule has 104 valence electrons. The standard InChI is InChI=1S/C13H24BrN3S/c1-6-15-11(8-18-9(2)3)7-12-13(14)10(4)16-17(12)5/h9,11,15H,6-8H2,1-5H3. The molecule has 1 N–H and O–H groups in total. The number of rotatable bonds is 7. The number of thioether (sulfide) groups is 1. The monoisotopic (exact) mass is 333 g/mol. The van der Waals surface area contributed by atoms with Gasteiger partial charge in [-0.2, -0.15) is 16.9 Å². The van der Waals surface area contributed by atoms with Crippen LogP contribution in [0.25, 0.3) is 0 Å². The van der Waals surface area contributed by atoms with E-state index < -0.39 is 0 Å². The molecule has 0 radical (unpaired) electrons. The molecule has 0 aliphatic heterocycles. The largest absolute Gasteiger partial charge is 0.313 e. The minimum atomic E-state index is 0.508. The molecule has 0 aliphatic rings. The third-order valence-electron chi connectivity index (χ3n) is 2.82. The van der Waals surface area contributed by atoms with E-state index in [1.54, 1.807) is 0 Å². The van der Waals surface area contributed by atoms with E-state index in [1.807, 2.05) is 30.4 Å². The Morgan fingerprint density at radius 2 is 2.11 bits per heavy atom. The molecule has 0 aromatic carbocycles. The second-order valence-electron chi connectivity index (χ2n) is 4.81. The lowest BCUT2D eigenvalue weighted by Gasteiger charge is -2.19. The molecule has 1 heterocycles. The van der Waals surface area contributed by atoms with Crippen LogP contribution in [0.4, 0.5) is 0 Å². The Labute approximate surface area is 123 Å². The highest BCUT2D eigenvalue weighted by Crippen LogP contribution is 2.22. The third-order valence-corrected chi connectivity index (χ3v) is 5.12. The van der Waals surface area contributed by atoms with Gasteiger partial charge in [-0.25, -0.2) is 0 Å². The summed E-state index contributed by atoms with van der Waals surface area (Å²) in [5.74, 6) is 1.14. The summed E-state index contributed by atoms with van der Waals surface area (Å²) in [5.41, 5.74) is 2.35. The molecule has 1 aromatic heterocycles. The van der Waals surface area contributed by atoms with Crippen LogP contribution in [0.1, 0.15) is 32.2 Å². The van der Waals surface area contributed by atoms with Crippen LogP contribution in [0.2, 0.25) is 0 Å². The molecule has 3 nitrogen and oxygen atoms in total. The van der Waals surface area contributed by atoms with Crippen LogP contribution in [-0.2, 0) is 13.5 Å². The average molecular weight is 334 g/mol. The van der Waals surface area contributed by atoms with Gasteiger partial charge in [-0.15, -0.1) is 0 Å². The second-order valence-corrected chi connectivity index (χ2v) is 7.21. The van der Waals surface area contributed by atoms with Crippen molar-refractivity contribution in [1.29, 1.82) is 0 Å². The van der Waals surface area contributed by atoms with Gasteiger partial charge in [0.15, 0.2) is 0 Å². The highest BCUT2D eigenvalue weighted by molar-refractivity contribution is 9.10. The summed E-state index contributed by atoms with van der Waals surface area (Å²) in [6, 6.07) is 0.508. The SMILES string of the molecule is CCNC(CSC(C)C)Cc1c(Br)c(C)nn1C. The Kier molecular flexibility index (Phi) is 6.74. The molecule has 0 fully saturated rings. The minimum Gasteiger partial charge on any atom is -0.313 e. The topological polar surface area (TPSA) is 29.9 Å². The summed E-state index contributed by atoms with van der Waals surface area (Å²) < 4.78 is 3.14. The summed E-state index contributed by atoms with van der Waals surface area (Å²) in [6.45, 7) is 9.71. The maximum Gasteiger partial charge on any atom is 0.0738 e. The quantitative estimate of drug-likeness (QED) is 0.831. The summed E-state index contributed by atoms with van der Waals surface area (Å²) in [6.07, 6.45) is 1.02. The zero-order valence-electron chi connectivity index (χ0n) is 12.0. The van der Waals surface area contributed by atoms with Gasteiger partial charge >= 0.3 is 0 Å². The third kappa shape index (κ3) is 4.59. The number of likely N-dealkylation sites (N-methyl/N-ethyl adjacent to an activating group) is 1. The van der Waals surface area contributed by atoms with Crippen LogP contribution in [0.15, 0.2) is 4.47 Å². The van der Waals surface area contributed by atoms with Crippen LogP contribution in [0.5, 0.6) is 0 Å². The Bertz CT molecular complexity index is 377. The van der Waals surface area contributed by atoms with Crippen LogP contribution in [0.3, 0.4) is 0 Å². The molecule has 1 unspecified atom stereocenters. The van der Waals surface area contributed by atoms with Crippen molar-refractivity contribution >= 4 is 27.7 Å². The molecule has 0 amide bonds. The van der Waals surface area contributed by atoms with Crippen LogP contribution >= 0.6 is 27.7 Å². The normalized spacial score (nSPS) is 13.3. The Morgan fingerprint density at radius 1 is 1.44 bits per heavy atom. The van der Waals surface area contributed by atoms with E-state index in [9.17, 15) is 0 Å². The van der Waals surface area contributed by atoms with Crippen molar-refractivity contribution in [3.8, 4) is 0 Å². The van der Waals surface area contributed by atoms with Crippen molar-refractivity contribution in [3.05, 3.63) is 15.9 Å². The molecule has 0 saturated heterocycles. The van der Waals surface area contributed by atoms with E-state index in [0.717, 1.165) is 28.9 Å². The zero-order valence-corrected chi connectivity index (χ0v) is 14.4. The Balaban J connectivity index is 2.70. The molecular formula is C13H24BrN3S. The highest BCUT2D eigenvalue weighted by atomic mass is 79.9. The second kappa shape index (κ2) is 7.56. The molecule has 1 aromatic rings. The van der Waals surface area contributed by atoms with E-state index >= 15 is 0 Å². The molecule has 0 spiro atoms. The predicted octanol–water partition coefficient (Wildman–Crippen LogP) is 3.15. The summed E-state index contributed by atoms with van der Waals surface area (Å²) >= 11 is 5.65. The van der Waals surface area contributed by atoms with E-state index in [0.29, 0.717) is 11.3 Å². The number of hydrogen-bond acceptors (Lipinski definition) is 3. The van der Waals surface area contributed by atoms with Gasteiger partial charge in [0.05, 0.1) is 15.9 Å². The molecule has 1 atom stereocenters. The number of nitrogens with zero attached hydrogens (tertiary/aromatic N) is 2. The van der Waals surface area contributed by atoms with E-state index in [-0.39, 0.29) is 0 Å². The van der Waals surface area contributed by atoms with Gasteiger partial charge in [-0.3, -0.25) is 4.68 Å². The van der Waals surface area contributed by atoms with Crippen molar-refractivity contribution in [3.63, 3.8) is 0 Å². The lowest BCUT2D eigenvalue weighted by atomic mass is 10.1. The van der Waals surface area contributed by atoms with Gasteiger partial charge in [-0.1, -0.05) is 20.8 Å². The molecule has 1 rings (SSSR count). The molecule has 0 aliphatic carbocycles. The molecular weight excluding hydrogens is 310 g/mol. The van der Waals surface area contributed by atoms with Gasteiger partial charge in [0.1, 0.15) is 0 Å². The number of halogens is 1. The van der Waals surface area contributed by atoms with Gasteiger partial charge in [-0.05, 0) is 34.6 Å². The smallest absolute Gasteiger partial charge is 0.0738 e. The lowest BCUT2D eigenvalue weighted by molar-refractivity contribution is 0.548. The van der Waals surface area contributed by atoms with Gasteiger partial charge in [0, 0.05) is 25.3 Å². The highest BCUT2D eigenvalue weighted by Gasteiger charge is 2.16. The fraction of sp³-hybridized carbons (Fsp3) is 0.769. The van der Waals surface area contributed by atoms with Crippen LogP contribution in [0, 0.1) is 6.92 Å². The maximum atomic E-state index is 4.45. The first kappa shape index (κ1) is 16.1. The molecule has 18 heavy (non-hydrogen) atoms. The van der Waals surface area contributed by atoms with Gasteiger partial charge in [0.2, 0.25) is 0 Å². The lowest BCUT2D eigenvalue weighted by Crippen LogP contribution is -2.34. The van der Waals surface area contributed by atoms with Crippen LogP contribution in [-0.4, -0.2) is 33.4 Å². The van der Waals surface area contributed by atoms with Gasteiger partial charge in [0.25, 0.3) is 0 Å². The Hall–Kier alpha value is 0. The molecule has 0 bridgehead atoms. The van der Waals surface area contributed by atoms with Crippen molar-refractivity contribution in [2.45, 2.75) is 45.4 Å². The first-order valence-electron chi connectivity index (χ1n) is 6.48. The molecule has 5 heteroatoms. The van der Waals surface area contributed by atoms with Crippen molar-refractivity contribution < 1.29 is 0 Å². The van der Waals surface area contributed by atoms with Gasteiger partial charge < -0.3 is 5.32 Å². The Morgan fingerprint density at radius 3 is 2.56 bits per heavy atom. The summed E-state index contributed by atoms with van der Waals surface area (Å²) in [7, 11) is 2.02. The van der Waals surface area contributed by atoms with E-state index in [2.05, 4.69) is 47.1 Å². The molecule has 0 saturated carbocycles. The maximum absolute atomic E-state index is 4.45. The van der Waals surface area contributed by atoms with E-state index in [1.165, 1.54) is 5.69 Å². The number of hydrogen-bond donors (Lipinski definition) is 1. The first-order valence-corrected chi connectivity index (χ1v) is 8.32. The number of aryl methyl sites for hydroxylation is 2. The minimum absolute atomic E-state index is 0.508. The number of aromatic nitrogens is 2. The van der Waals surface area contributed by atoms with Crippen molar-refractivity contribution in [1.82, 2.24) is 15.1 Å². The first-order chi connectivity index (χ1) is 8.45. The summed E-state index contributed by atoms with van der Waals surface area (Å²) in [5, 5.41) is 8.70. The zero-order chi connectivity index (χ0) is 13.7. The van der Waals surface area contributed by atoms with Crippen molar-refractivity contribution in [2.24, 2.45) is 7.05 Å². The van der Waals surface area contributed by atoms with Crippen LogP contribution < -0.4 is 5.32 Å². The van der Waals surface area contributed by atoms with Crippen molar-refractivity contribution in [2.75, 3.05) is 12.3 Å². The van der Waals surface area contributed by atoms with E-state index in [4.69, 9.17) is 0 Å².